The first-order valence-corrected chi connectivity index (χ1v) is 11.5. The van der Waals surface area contributed by atoms with E-state index in [-0.39, 0.29) is 17.8 Å². The summed E-state index contributed by atoms with van der Waals surface area (Å²) in [6.07, 6.45) is 1.73. The minimum Gasteiger partial charge on any atom is -0.493 e. The van der Waals surface area contributed by atoms with Gasteiger partial charge in [0, 0.05) is 5.02 Å². The van der Waals surface area contributed by atoms with Gasteiger partial charge in [0.15, 0.2) is 18.1 Å². The number of benzene rings is 3. The number of aryl methyl sites for hydroxylation is 1. The molecule has 0 heterocycles. The standard InChI is InChI=1S/C29H28ClNO4/c1-19-6-12-25(24(14-19)29(2,3)4)34-18-28(32)35-26-13-7-20(16-27(26)33-5)15-22(17-31)21-8-10-23(30)11-9-21/h6-16H,18H2,1-5H3/b22-15+. The molecule has 5 nitrogen and oxygen atoms in total. The quantitative estimate of drug-likeness (QED) is 0.154. The lowest BCUT2D eigenvalue weighted by molar-refractivity contribution is -0.136. The number of methoxy groups -OCH3 is 1. The molecule has 0 spiro atoms. The van der Waals surface area contributed by atoms with Crippen LogP contribution in [-0.2, 0) is 10.2 Å². The van der Waals surface area contributed by atoms with Crippen molar-refractivity contribution in [2.24, 2.45) is 0 Å². The van der Waals surface area contributed by atoms with E-state index >= 15 is 0 Å². The number of hydrogen-bond acceptors (Lipinski definition) is 5. The molecule has 0 aliphatic heterocycles. The zero-order chi connectivity index (χ0) is 25.6. The van der Waals surface area contributed by atoms with Gasteiger partial charge < -0.3 is 14.2 Å². The number of esters is 1. The van der Waals surface area contributed by atoms with Crippen molar-refractivity contribution in [2.75, 3.05) is 13.7 Å². The van der Waals surface area contributed by atoms with Crippen molar-refractivity contribution in [1.82, 2.24) is 0 Å². The summed E-state index contributed by atoms with van der Waals surface area (Å²) in [6, 6.07) is 20.2. The average Bonchev–Trinajstić information content (AvgIpc) is 2.82. The summed E-state index contributed by atoms with van der Waals surface area (Å²) in [5.41, 5.74) is 3.95. The van der Waals surface area contributed by atoms with Crippen LogP contribution in [0.25, 0.3) is 11.6 Å². The second-order valence-corrected chi connectivity index (χ2v) is 9.54. The Bertz CT molecular complexity index is 1280. The summed E-state index contributed by atoms with van der Waals surface area (Å²) in [5.74, 6) is 0.735. The molecule has 0 radical (unpaired) electrons. The van der Waals surface area contributed by atoms with Crippen LogP contribution in [0, 0.1) is 18.3 Å². The molecule has 0 saturated carbocycles. The molecule has 0 atom stereocenters. The molecule has 0 aromatic heterocycles. The molecule has 0 aliphatic rings. The zero-order valence-electron chi connectivity index (χ0n) is 20.5. The number of hydrogen-bond donors (Lipinski definition) is 0. The Morgan fingerprint density at radius 2 is 1.69 bits per heavy atom. The lowest BCUT2D eigenvalue weighted by Crippen LogP contribution is -2.20. The van der Waals surface area contributed by atoms with E-state index in [1.54, 1.807) is 48.5 Å². The predicted octanol–water partition coefficient (Wildman–Crippen LogP) is 7.00. The third-order valence-corrected chi connectivity index (χ3v) is 5.54. The topological polar surface area (TPSA) is 68.5 Å². The maximum Gasteiger partial charge on any atom is 0.349 e. The molecule has 0 amide bonds. The molecule has 3 aromatic carbocycles. The highest BCUT2D eigenvalue weighted by Gasteiger charge is 2.20. The largest absolute Gasteiger partial charge is 0.493 e. The highest BCUT2D eigenvalue weighted by atomic mass is 35.5. The van der Waals surface area contributed by atoms with Crippen LogP contribution in [0.5, 0.6) is 17.2 Å². The highest BCUT2D eigenvalue weighted by molar-refractivity contribution is 6.30. The molecular weight excluding hydrogens is 462 g/mol. The van der Waals surface area contributed by atoms with Gasteiger partial charge in [-0.3, -0.25) is 0 Å². The van der Waals surface area contributed by atoms with Gasteiger partial charge in [0.05, 0.1) is 18.8 Å². The molecule has 0 aliphatic carbocycles. The van der Waals surface area contributed by atoms with E-state index in [0.29, 0.717) is 22.1 Å². The number of rotatable bonds is 7. The number of allylic oxidation sites excluding steroid dienone is 1. The van der Waals surface area contributed by atoms with Gasteiger partial charge in [-0.05, 0) is 65.4 Å². The zero-order valence-corrected chi connectivity index (χ0v) is 21.3. The lowest BCUT2D eigenvalue weighted by atomic mass is 9.85. The van der Waals surface area contributed by atoms with Gasteiger partial charge >= 0.3 is 5.97 Å². The van der Waals surface area contributed by atoms with E-state index in [2.05, 4.69) is 32.9 Å². The fourth-order valence-electron chi connectivity index (χ4n) is 3.48. The minimum atomic E-state index is -0.550. The SMILES string of the molecule is COc1cc(/C=C(\C#N)c2ccc(Cl)cc2)ccc1OC(=O)COc1ccc(C)cc1C(C)(C)C. The van der Waals surface area contributed by atoms with Crippen molar-refractivity contribution in [2.45, 2.75) is 33.1 Å². The van der Waals surface area contributed by atoms with Crippen LogP contribution in [0.3, 0.4) is 0 Å². The van der Waals surface area contributed by atoms with E-state index < -0.39 is 5.97 Å². The molecule has 35 heavy (non-hydrogen) atoms. The summed E-state index contributed by atoms with van der Waals surface area (Å²) in [7, 11) is 1.49. The Morgan fingerprint density at radius 1 is 1.00 bits per heavy atom. The van der Waals surface area contributed by atoms with Gasteiger partial charge in [0.25, 0.3) is 0 Å². The fraction of sp³-hybridized carbons (Fsp3) is 0.241. The fourth-order valence-corrected chi connectivity index (χ4v) is 3.61. The number of carbonyl (C=O) groups excluding carboxylic acids is 1. The Kier molecular flexibility index (Phi) is 8.22. The van der Waals surface area contributed by atoms with Gasteiger partial charge in [-0.25, -0.2) is 4.79 Å². The Balaban J connectivity index is 1.74. The Labute approximate surface area is 211 Å². The van der Waals surface area contributed by atoms with E-state index in [1.165, 1.54) is 7.11 Å². The summed E-state index contributed by atoms with van der Waals surface area (Å²) >= 11 is 5.94. The van der Waals surface area contributed by atoms with E-state index in [1.807, 2.05) is 19.1 Å². The molecule has 0 fully saturated rings. The van der Waals surface area contributed by atoms with Crippen LogP contribution in [0.4, 0.5) is 0 Å². The molecule has 0 saturated heterocycles. The summed E-state index contributed by atoms with van der Waals surface area (Å²) in [4.78, 5) is 12.5. The van der Waals surface area contributed by atoms with Gasteiger partial charge in [0.1, 0.15) is 5.75 Å². The van der Waals surface area contributed by atoms with Gasteiger partial charge in [-0.15, -0.1) is 0 Å². The lowest BCUT2D eigenvalue weighted by Gasteiger charge is -2.23. The van der Waals surface area contributed by atoms with Crippen molar-refractivity contribution in [3.05, 3.63) is 87.9 Å². The summed E-state index contributed by atoms with van der Waals surface area (Å²) in [5, 5.41) is 10.2. The van der Waals surface area contributed by atoms with Crippen LogP contribution in [-0.4, -0.2) is 19.7 Å². The molecule has 0 unspecified atom stereocenters. The summed E-state index contributed by atoms with van der Waals surface area (Å²) in [6.45, 7) is 8.06. The second-order valence-electron chi connectivity index (χ2n) is 9.10. The first kappa shape index (κ1) is 25.9. The third-order valence-electron chi connectivity index (χ3n) is 5.29. The van der Waals surface area contributed by atoms with E-state index in [9.17, 15) is 10.1 Å². The Hall–Kier alpha value is -3.75. The first-order valence-electron chi connectivity index (χ1n) is 11.1. The number of ether oxygens (including phenoxy) is 3. The van der Waals surface area contributed by atoms with Crippen LogP contribution in [0.15, 0.2) is 60.7 Å². The van der Waals surface area contributed by atoms with Crippen molar-refractivity contribution in [3.63, 3.8) is 0 Å². The van der Waals surface area contributed by atoms with Crippen molar-refractivity contribution in [1.29, 1.82) is 5.26 Å². The maximum absolute atomic E-state index is 12.5. The normalized spacial score (nSPS) is 11.5. The second kappa shape index (κ2) is 11.1. The minimum absolute atomic E-state index is 0.133. The van der Waals surface area contributed by atoms with Gasteiger partial charge in [0.2, 0.25) is 0 Å². The molecule has 180 valence electrons. The van der Waals surface area contributed by atoms with Crippen molar-refractivity contribution < 1.29 is 19.0 Å². The Morgan fingerprint density at radius 3 is 2.31 bits per heavy atom. The molecule has 6 heteroatoms. The van der Waals surface area contributed by atoms with E-state index in [0.717, 1.165) is 22.3 Å². The van der Waals surface area contributed by atoms with Gasteiger partial charge in [-0.1, -0.05) is 68.3 Å². The first-order chi connectivity index (χ1) is 16.6. The average molecular weight is 490 g/mol. The van der Waals surface area contributed by atoms with Crippen molar-refractivity contribution in [3.8, 4) is 23.3 Å². The van der Waals surface area contributed by atoms with Crippen LogP contribution >= 0.6 is 11.6 Å². The van der Waals surface area contributed by atoms with E-state index in [4.69, 9.17) is 25.8 Å². The molecule has 0 N–H and O–H groups in total. The van der Waals surface area contributed by atoms with Crippen molar-refractivity contribution >= 4 is 29.2 Å². The number of nitrogens with zero attached hydrogens (tertiary/aromatic N) is 1. The number of nitriles is 1. The maximum atomic E-state index is 12.5. The molecule has 0 bridgehead atoms. The van der Waals surface area contributed by atoms with Gasteiger partial charge in [-0.2, -0.15) is 5.26 Å². The highest BCUT2D eigenvalue weighted by Crippen LogP contribution is 2.33. The molecular formula is C29H28ClNO4. The number of halogens is 1. The van der Waals surface area contributed by atoms with Crippen LogP contribution < -0.4 is 14.2 Å². The molecule has 3 rings (SSSR count). The number of carbonyl (C=O) groups is 1. The summed E-state index contributed by atoms with van der Waals surface area (Å²) < 4.78 is 16.7. The predicted molar refractivity (Wildman–Crippen MR) is 139 cm³/mol. The van der Waals surface area contributed by atoms with Crippen LogP contribution in [0.2, 0.25) is 5.02 Å². The molecule has 3 aromatic rings. The third kappa shape index (κ3) is 6.88. The van der Waals surface area contributed by atoms with Crippen LogP contribution in [0.1, 0.15) is 43.0 Å². The monoisotopic (exact) mass is 489 g/mol. The smallest absolute Gasteiger partial charge is 0.349 e.